The van der Waals surface area contributed by atoms with Crippen LogP contribution in [0.3, 0.4) is 0 Å². The fourth-order valence-electron chi connectivity index (χ4n) is 2.83. The molecular weight excluding hydrogens is 241 g/mol. The number of rotatable bonds is 4. The van der Waals surface area contributed by atoms with Crippen LogP contribution in [0.4, 0.5) is 4.39 Å². The first-order valence-corrected chi connectivity index (χ1v) is 7.07. The van der Waals surface area contributed by atoms with Crippen molar-refractivity contribution in [1.29, 1.82) is 0 Å². The van der Waals surface area contributed by atoms with E-state index in [0.29, 0.717) is 6.04 Å². The van der Waals surface area contributed by atoms with Gasteiger partial charge in [0, 0.05) is 38.3 Å². The summed E-state index contributed by atoms with van der Waals surface area (Å²) in [6, 6.07) is 7.07. The molecule has 1 aliphatic rings. The van der Waals surface area contributed by atoms with Crippen molar-refractivity contribution in [3.8, 4) is 0 Å². The highest BCUT2D eigenvalue weighted by Gasteiger charge is 2.23. The summed E-state index contributed by atoms with van der Waals surface area (Å²) in [5.74, 6) is -0.211. The number of hydrogen-bond donors (Lipinski definition) is 1. The van der Waals surface area contributed by atoms with Crippen LogP contribution in [0.2, 0.25) is 0 Å². The van der Waals surface area contributed by atoms with Gasteiger partial charge in [0.25, 0.3) is 0 Å². The predicted octanol–water partition coefficient (Wildman–Crippen LogP) is 1.85. The van der Waals surface area contributed by atoms with Gasteiger partial charge in [-0.05, 0) is 31.2 Å². The maximum atomic E-state index is 13.2. The van der Waals surface area contributed by atoms with Crippen LogP contribution in [0.15, 0.2) is 24.3 Å². The molecule has 2 N–H and O–H groups in total. The quantitative estimate of drug-likeness (QED) is 0.902. The summed E-state index contributed by atoms with van der Waals surface area (Å²) in [7, 11) is 0. The molecule has 0 bridgehead atoms. The summed E-state index contributed by atoms with van der Waals surface area (Å²) in [6.45, 7) is 9.52. The molecule has 0 radical (unpaired) electrons. The Labute approximate surface area is 115 Å². The second-order valence-corrected chi connectivity index (χ2v) is 5.40. The number of nitrogens with zero attached hydrogens (tertiary/aromatic N) is 2. The van der Waals surface area contributed by atoms with Crippen LogP contribution in [0, 0.1) is 5.82 Å². The van der Waals surface area contributed by atoms with Gasteiger partial charge in [0.1, 0.15) is 5.82 Å². The van der Waals surface area contributed by atoms with E-state index in [4.69, 9.17) is 5.73 Å². The van der Waals surface area contributed by atoms with Crippen LogP contribution in [0.1, 0.15) is 25.5 Å². The number of benzene rings is 1. The predicted molar refractivity (Wildman–Crippen MR) is 76.5 cm³/mol. The van der Waals surface area contributed by atoms with Crippen LogP contribution >= 0.6 is 0 Å². The minimum atomic E-state index is -0.211. The molecule has 1 saturated heterocycles. The Hall–Kier alpha value is -0.970. The molecule has 0 amide bonds. The third kappa shape index (κ3) is 3.75. The Morgan fingerprint density at radius 2 is 2.21 bits per heavy atom. The van der Waals surface area contributed by atoms with Crippen molar-refractivity contribution in [3.05, 3.63) is 35.6 Å². The normalized spacial score (nSPS) is 23.5. The Kier molecular flexibility index (Phi) is 4.91. The maximum Gasteiger partial charge on any atom is 0.123 e. The largest absolute Gasteiger partial charge is 0.323 e. The van der Waals surface area contributed by atoms with Crippen molar-refractivity contribution in [3.63, 3.8) is 0 Å². The maximum absolute atomic E-state index is 13.2. The highest BCUT2D eigenvalue weighted by atomic mass is 19.1. The van der Waals surface area contributed by atoms with Gasteiger partial charge >= 0.3 is 0 Å². The molecule has 1 fully saturated rings. The van der Waals surface area contributed by atoms with Gasteiger partial charge < -0.3 is 5.73 Å². The lowest BCUT2D eigenvalue weighted by molar-refractivity contribution is 0.0841. The molecule has 19 heavy (non-hydrogen) atoms. The van der Waals surface area contributed by atoms with E-state index in [9.17, 15) is 4.39 Å². The van der Waals surface area contributed by atoms with Crippen LogP contribution < -0.4 is 5.73 Å². The topological polar surface area (TPSA) is 32.5 Å². The van der Waals surface area contributed by atoms with Crippen molar-refractivity contribution in [2.24, 2.45) is 5.73 Å². The monoisotopic (exact) mass is 265 g/mol. The lowest BCUT2D eigenvalue weighted by Crippen LogP contribution is -2.52. The second kappa shape index (κ2) is 6.46. The fourth-order valence-corrected chi connectivity index (χ4v) is 2.83. The van der Waals surface area contributed by atoms with Crippen LogP contribution in [0.5, 0.6) is 0 Å². The summed E-state index contributed by atoms with van der Waals surface area (Å²) in [4.78, 5) is 4.86. The number of piperazine rings is 1. The molecule has 2 rings (SSSR count). The molecule has 4 heteroatoms. The molecule has 2 unspecified atom stereocenters. The Morgan fingerprint density at radius 1 is 1.42 bits per heavy atom. The fraction of sp³-hybridized carbons (Fsp3) is 0.600. The summed E-state index contributed by atoms with van der Waals surface area (Å²) >= 11 is 0. The van der Waals surface area contributed by atoms with Crippen molar-refractivity contribution in [2.75, 3.05) is 32.7 Å². The number of hydrogen-bond acceptors (Lipinski definition) is 3. The number of nitrogens with two attached hydrogens (primary N) is 1. The molecule has 0 aromatic heterocycles. The minimum absolute atomic E-state index is 0.115. The highest BCUT2D eigenvalue weighted by Crippen LogP contribution is 2.16. The molecule has 2 atom stereocenters. The van der Waals surface area contributed by atoms with E-state index in [-0.39, 0.29) is 11.9 Å². The molecule has 106 valence electrons. The first-order valence-electron chi connectivity index (χ1n) is 7.07. The van der Waals surface area contributed by atoms with Crippen molar-refractivity contribution >= 4 is 0 Å². The van der Waals surface area contributed by atoms with Gasteiger partial charge in [-0.15, -0.1) is 0 Å². The second-order valence-electron chi connectivity index (χ2n) is 5.40. The molecule has 1 heterocycles. The Balaban J connectivity index is 1.91. The first kappa shape index (κ1) is 14.4. The van der Waals surface area contributed by atoms with Crippen molar-refractivity contribution in [1.82, 2.24) is 9.80 Å². The van der Waals surface area contributed by atoms with E-state index >= 15 is 0 Å². The molecule has 1 aromatic rings. The summed E-state index contributed by atoms with van der Waals surface area (Å²) in [5.41, 5.74) is 7.07. The average Bonchev–Trinajstić information content (AvgIpc) is 2.39. The molecule has 1 aliphatic heterocycles. The van der Waals surface area contributed by atoms with Gasteiger partial charge in [-0.1, -0.05) is 19.1 Å². The van der Waals surface area contributed by atoms with Crippen molar-refractivity contribution < 1.29 is 4.39 Å². The Morgan fingerprint density at radius 3 is 2.84 bits per heavy atom. The number of halogens is 1. The van der Waals surface area contributed by atoms with Crippen LogP contribution in [-0.4, -0.2) is 48.6 Å². The molecule has 0 aliphatic carbocycles. The van der Waals surface area contributed by atoms with Gasteiger partial charge in [0.2, 0.25) is 0 Å². The van der Waals surface area contributed by atoms with Crippen LogP contribution in [-0.2, 0) is 0 Å². The molecular formula is C15H24FN3. The number of likely N-dealkylation sites (N-methyl/N-ethyl adjacent to an activating group) is 1. The van der Waals surface area contributed by atoms with Crippen LogP contribution in [0.25, 0.3) is 0 Å². The minimum Gasteiger partial charge on any atom is -0.323 e. The molecule has 0 saturated carbocycles. The highest BCUT2D eigenvalue weighted by molar-refractivity contribution is 5.20. The summed E-state index contributed by atoms with van der Waals surface area (Å²) in [5, 5.41) is 0. The third-order valence-corrected chi connectivity index (χ3v) is 3.99. The van der Waals surface area contributed by atoms with E-state index < -0.39 is 0 Å². The van der Waals surface area contributed by atoms with E-state index in [1.165, 1.54) is 12.1 Å². The van der Waals surface area contributed by atoms with E-state index in [1.807, 2.05) is 6.07 Å². The van der Waals surface area contributed by atoms with Crippen molar-refractivity contribution in [2.45, 2.75) is 25.9 Å². The smallest absolute Gasteiger partial charge is 0.123 e. The molecule has 0 spiro atoms. The van der Waals surface area contributed by atoms with Gasteiger partial charge in [-0.25, -0.2) is 4.39 Å². The zero-order chi connectivity index (χ0) is 13.8. The zero-order valence-corrected chi connectivity index (χ0v) is 11.8. The van der Waals surface area contributed by atoms with Gasteiger partial charge in [0.05, 0.1) is 0 Å². The van der Waals surface area contributed by atoms with Gasteiger partial charge in [-0.2, -0.15) is 0 Å². The molecule has 3 nitrogen and oxygen atoms in total. The average molecular weight is 265 g/mol. The Bertz CT molecular complexity index is 410. The zero-order valence-electron chi connectivity index (χ0n) is 11.8. The summed E-state index contributed by atoms with van der Waals surface area (Å²) in [6.07, 6.45) is 0. The third-order valence-electron chi connectivity index (χ3n) is 3.99. The lowest BCUT2D eigenvalue weighted by atomic mass is 10.1. The van der Waals surface area contributed by atoms with E-state index in [1.54, 1.807) is 6.07 Å². The SMILES string of the molecule is CCN1CCN(CC(N)c2cccc(F)c2)CC1C. The van der Waals surface area contributed by atoms with E-state index in [0.717, 1.165) is 38.3 Å². The molecule has 1 aromatic carbocycles. The first-order chi connectivity index (χ1) is 9.10. The van der Waals surface area contributed by atoms with Gasteiger partial charge in [-0.3, -0.25) is 9.80 Å². The summed E-state index contributed by atoms with van der Waals surface area (Å²) < 4.78 is 13.2. The lowest BCUT2D eigenvalue weighted by Gasteiger charge is -2.40. The standard InChI is InChI=1S/C15H24FN3/c1-3-19-8-7-18(10-12(19)2)11-15(17)13-5-4-6-14(16)9-13/h4-6,9,12,15H,3,7-8,10-11,17H2,1-2H3. The van der Waals surface area contributed by atoms with E-state index in [2.05, 4.69) is 23.6 Å². The van der Waals surface area contributed by atoms with Gasteiger partial charge in [0.15, 0.2) is 0 Å².